The number of piperidine rings is 2. The maximum absolute atomic E-state index is 3.39. The van der Waals surface area contributed by atoms with E-state index in [9.17, 15) is 0 Å². The molecule has 0 amide bonds. The zero-order valence-corrected chi connectivity index (χ0v) is 14.0. The number of likely N-dealkylation sites (tertiary alicyclic amines) is 2. The van der Waals surface area contributed by atoms with Crippen LogP contribution < -0.4 is 3.53 Å². The molecule has 18 heavy (non-hydrogen) atoms. The van der Waals surface area contributed by atoms with E-state index in [1.807, 2.05) is 0 Å². The highest BCUT2D eigenvalue weighted by Crippen LogP contribution is 2.21. The Morgan fingerprint density at radius 3 is 2.17 bits per heavy atom. The van der Waals surface area contributed by atoms with Gasteiger partial charge in [0.2, 0.25) is 0 Å². The molecular weight excluding hydrogens is 337 g/mol. The molecule has 0 saturated carbocycles. The molecule has 2 aliphatic rings. The molecule has 2 aliphatic heterocycles. The Balaban J connectivity index is 1.70. The second kappa shape index (κ2) is 7.41. The maximum atomic E-state index is 3.39. The summed E-state index contributed by atoms with van der Waals surface area (Å²) in [4.78, 5) is 5.40. The van der Waals surface area contributed by atoms with Gasteiger partial charge in [0.25, 0.3) is 0 Å². The van der Waals surface area contributed by atoms with E-state index >= 15 is 0 Å². The van der Waals surface area contributed by atoms with E-state index in [-0.39, 0.29) is 0 Å². The highest BCUT2D eigenvalue weighted by atomic mass is 127. The molecule has 2 fully saturated rings. The van der Waals surface area contributed by atoms with Gasteiger partial charge in [0.1, 0.15) is 0 Å². The van der Waals surface area contributed by atoms with Gasteiger partial charge in [-0.1, -0.05) is 13.8 Å². The van der Waals surface area contributed by atoms with Crippen LogP contribution in [0.1, 0.15) is 39.5 Å². The molecule has 0 aromatic heterocycles. The monoisotopic (exact) mass is 365 g/mol. The third kappa shape index (κ3) is 4.32. The van der Waals surface area contributed by atoms with Crippen molar-refractivity contribution in [1.29, 1.82) is 0 Å². The lowest BCUT2D eigenvalue weighted by molar-refractivity contribution is 0.0825. The van der Waals surface area contributed by atoms with Gasteiger partial charge >= 0.3 is 0 Å². The van der Waals surface area contributed by atoms with E-state index in [4.69, 9.17) is 0 Å². The molecular formula is C14H28IN3. The van der Waals surface area contributed by atoms with Gasteiger partial charge in [-0.05, 0) is 57.8 Å². The quantitative estimate of drug-likeness (QED) is 0.610. The fourth-order valence-corrected chi connectivity index (χ4v) is 3.98. The summed E-state index contributed by atoms with van der Waals surface area (Å²) >= 11 is 2.31. The largest absolute Gasteiger partial charge is 0.303 e. The van der Waals surface area contributed by atoms with Gasteiger partial charge < -0.3 is 9.80 Å². The summed E-state index contributed by atoms with van der Waals surface area (Å²) in [7, 11) is 0. The van der Waals surface area contributed by atoms with Crippen LogP contribution in [0.4, 0.5) is 0 Å². The van der Waals surface area contributed by atoms with Crippen molar-refractivity contribution in [2.75, 3.05) is 32.7 Å². The lowest BCUT2D eigenvalue weighted by Gasteiger charge is -2.42. The third-order valence-electron chi connectivity index (χ3n) is 4.38. The van der Waals surface area contributed by atoms with E-state index in [1.54, 1.807) is 0 Å². The van der Waals surface area contributed by atoms with Crippen LogP contribution in [0.5, 0.6) is 0 Å². The number of rotatable bonds is 4. The van der Waals surface area contributed by atoms with Crippen molar-refractivity contribution < 1.29 is 0 Å². The molecule has 0 spiro atoms. The molecule has 2 rings (SSSR count). The Kier molecular flexibility index (Phi) is 6.18. The standard InChI is InChI=1S/C14H28IN3/c1-12(2)11-17-7-5-14(6-8-17)18-9-3-13(16-15)4-10-18/h12-14,16H,3-11H2,1-2H3. The van der Waals surface area contributed by atoms with Gasteiger partial charge in [-0.3, -0.25) is 3.53 Å². The summed E-state index contributed by atoms with van der Waals surface area (Å²) in [5, 5.41) is 0. The number of nitrogens with one attached hydrogen (secondary N) is 1. The van der Waals surface area contributed by atoms with Crippen LogP contribution >= 0.6 is 22.9 Å². The van der Waals surface area contributed by atoms with Crippen LogP contribution in [-0.4, -0.2) is 54.6 Å². The summed E-state index contributed by atoms with van der Waals surface area (Å²) < 4.78 is 3.39. The maximum Gasteiger partial charge on any atom is 0.0187 e. The van der Waals surface area contributed by atoms with Crippen LogP contribution in [0.25, 0.3) is 0 Å². The Morgan fingerprint density at radius 1 is 1.06 bits per heavy atom. The van der Waals surface area contributed by atoms with Gasteiger partial charge in [0.15, 0.2) is 0 Å². The van der Waals surface area contributed by atoms with Gasteiger partial charge in [-0.2, -0.15) is 0 Å². The average molecular weight is 365 g/mol. The molecule has 0 unspecified atom stereocenters. The molecule has 2 heterocycles. The van der Waals surface area contributed by atoms with Gasteiger partial charge in [-0.15, -0.1) is 0 Å². The molecule has 2 saturated heterocycles. The predicted molar refractivity (Wildman–Crippen MR) is 86.1 cm³/mol. The van der Waals surface area contributed by atoms with Gasteiger partial charge in [0.05, 0.1) is 0 Å². The Morgan fingerprint density at radius 2 is 1.67 bits per heavy atom. The minimum atomic E-state index is 0.753. The number of hydrogen-bond acceptors (Lipinski definition) is 3. The van der Waals surface area contributed by atoms with Crippen molar-refractivity contribution in [2.45, 2.75) is 51.6 Å². The van der Waals surface area contributed by atoms with Crippen molar-refractivity contribution in [1.82, 2.24) is 13.3 Å². The predicted octanol–water partition coefficient (Wildman–Crippen LogP) is 2.51. The van der Waals surface area contributed by atoms with Crippen LogP contribution in [-0.2, 0) is 0 Å². The van der Waals surface area contributed by atoms with Crippen LogP contribution in [0.2, 0.25) is 0 Å². The Labute approximate surface area is 126 Å². The second-order valence-electron chi connectivity index (χ2n) is 6.34. The van der Waals surface area contributed by atoms with E-state index in [1.165, 1.54) is 58.4 Å². The molecule has 4 heteroatoms. The fraction of sp³-hybridized carbons (Fsp3) is 1.00. The first-order chi connectivity index (χ1) is 8.69. The molecule has 0 radical (unpaired) electrons. The minimum absolute atomic E-state index is 0.753. The van der Waals surface area contributed by atoms with Crippen molar-refractivity contribution >= 4 is 22.9 Å². The van der Waals surface area contributed by atoms with Crippen molar-refractivity contribution in [2.24, 2.45) is 5.92 Å². The second-order valence-corrected chi connectivity index (χ2v) is 6.97. The smallest absolute Gasteiger partial charge is 0.0187 e. The van der Waals surface area contributed by atoms with Crippen molar-refractivity contribution in [3.05, 3.63) is 0 Å². The zero-order valence-electron chi connectivity index (χ0n) is 11.9. The lowest BCUT2D eigenvalue weighted by Crippen LogP contribution is -2.49. The molecule has 3 nitrogen and oxygen atoms in total. The molecule has 106 valence electrons. The number of halogens is 1. The van der Waals surface area contributed by atoms with Gasteiger partial charge in [0, 0.05) is 41.5 Å². The first-order valence-corrected chi connectivity index (χ1v) is 8.59. The summed E-state index contributed by atoms with van der Waals surface area (Å²) in [6.45, 7) is 11.2. The number of hydrogen-bond donors (Lipinski definition) is 1. The topological polar surface area (TPSA) is 18.5 Å². The molecule has 0 aliphatic carbocycles. The third-order valence-corrected chi connectivity index (χ3v) is 5.26. The van der Waals surface area contributed by atoms with Crippen LogP contribution in [0.15, 0.2) is 0 Å². The van der Waals surface area contributed by atoms with Crippen LogP contribution in [0.3, 0.4) is 0 Å². The summed E-state index contributed by atoms with van der Waals surface area (Å²) in [6, 6.07) is 1.62. The average Bonchev–Trinajstić information content (AvgIpc) is 2.39. The van der Waals surface area contributed by atoms with Gasteiger partial charge in [-0.25, -0.2) is 0 Å². The lowest BCUT2D eigenvalue weighted by atomic mass is 9.98. The first-order valence-electron chi connectivity index (χ1n) is 7.51. The molecule has 0 aromatic rings. The summed E-state index contributed by atoms with van der Waals surface area (Å²) in [5.41, 5.74) is 0. The highest BCUT2D eigenvalue weighted by molar-refractivity contribution is 14.1. The molecule has 0 bridgehead atoms. The highest BCUT2D eigenvalue weighted by Gasteiger charge is 2.27. The van der Waals surface area contributed by atoms with Crippen molar-refractivity contribution in [3.63, 3.8) is 0 Å². The summed E-state index contributed by atoms with van der Waals surface area (Å²) in [6.07, 6.45) is 5.42. The zero-order chi connectivity index (χ0) is 13.0. The molecule has 1 N–H and O–H groups in total. The van der Waals surface area contributed by atoms with E-state index in [0.717, 1.165) is 18.0 Å². The van der Waals surface area contributed by atoms with Crippen LogP contribution in [0, 0.1) is 5.92 Å². The number of nitrogens with zero attached hydrogens (tertiary/aromatic N) is 2. The van der Waals surface area contributed by atoms with E-state index in [2.05, 4.69) is 50.0 Å². The minimum Gasteiger partial charge on any atom is -0.303 e. The van der Waals surface area contributed by atoms with E-state index < -0.39 is 0 Å². The molecule has 0 aromatic carbocycles. The van der Waals surface area contributed by atoms with E-state index in [0.29, 0.717) is 0 Å². The Hall–Kier alpha value is 0.610. The normalized spacial score (nSPS) is 26.0. The SMILES string of the molecule is CC(C)CN1CCC(N2CCC(NI)CC2)CC1. The Bertz CT molecular complexity index is 231. The first kappa shape index (κ1) is 15.0. The molecule has 0 atom stereocenters. The fourth-order valence-electron chi connectivity index (χ4n) is 3.36. The summed E-state index contributed by atoms with van der Waals surface area (Å²) in [5.74, 6) is 0.812. The van der Waals surface area contributed by atoms with Crippen molar-refractivity contribution in [3.8, 4) is 0 Å².